The third-order valence-corrected chi connectivity index (χ3v) is 6.36. The molecule has 0 heterocycles. The van der Waals surface area contributed by atoms with Crippen LogP contribution in [0.4, 0.5) is 0 Å². The van der Waals surface area contributed by atoms with E-state index < -0.39 is 0 Å². The molecule has 0 aliphatic rings. The fourth-order valence-corrected chi connectivity index (χ4v) is 4.38. The van der Waals surface area contributed by atoms with Gasteiger partial charge in [0.25, 0.3) is 0 Å². The molecule has 0 N–H and O–H groups in total. The largest absolute Gasteiger partial charge is 1.00 e. The van der Waals surface area contributed by atoms with Gasteiger partial charge in [0.05, 0.1) is 20.6 Å². The lowest BCUT2D eigenvalue weighted by molar-refractivity contribution is -0.903. The van der Waals surface area contributed by atoms with E-state index in [-0.39, 0.29) is 18.2 Å². The van der Waals surface area contributed by atoms with Crippen molar-refractivity contribution in [1.82, 2.24) is 0 Å². The van der Waals surface area contributed by atoms with Crippen molar-refractivity contribution in [1.29, 1.82) is 0 Å². The molecular formula is C29H50ClNO. The highest BCUT2D eigenvalue weighted by Crippen LogP contribution is 2.19. The van der Waals surface area contributed by atoms with E-state index in [4.69, 9.17) is 0 Å². The minimum Gasteiger partial charge on any atom is -1.00 e. The summed E-state index contributed by atoms with van der Waals surface area (Å²) >= 11 is 0. The molecular weight excluding hydrogens is 414 g/mol. The Morgan fingerprint density at radius 2 is 1.22 bits per heavy atom. The number of hydrogen-bond acceptors (Lipinski definition) is 1. The van der Waals surface area contributed by atoms with Gasteiger partial charge in [-0.05, 0) is 25.3 Å². The Balaban J connectivity index is 0.00000961. The maximum atomic E-state index is 12.4. The second kappa shape index (κ2) is 18.3. The van der Waals surface area contributed by atoms with Crippen molar-refractivity contribution < 1.29 is 21.7 Å². The molecule has 0 bridgehead atoms. The summed E-state index contributed by atoms with van der Waals surface area (Å²) in [4.78, 5) is 12.4. The van der Waals surface area contributed by atoms with Crippen LogP contribution in [0, 0.1) is 0 Å². The second-order valence-corrected chi connectivity index (χ2v) is 10.2. The van der Waals surface area contributed by atoms with Crippen LogP contribution in [0.2, 0.25) is 0 Å². The van der Waals surface area contributed by atoms with E-state index in [9.17, 15) is 4.79 Å². The normalized spacial score (nSPS) is 11.2. The van der Waals surface area contributed by atoms with Crippen LogP contribution in [0.15, 0.2) is 36.4 Å². The van der Waals surface area contributed by atoms with Gasteiger partial charge < -0.3 is 16.9 Å². The second-order valence-electron chi connectivity index (χ2n) is 10.2. The van der Waals surface area contributed by atoms with Crippen LogP contribution in [0.5, 0.6) is 0 Å². The first-order valence-corrected chi connectivity index (χ1v) is 13.0. The lowest BCUT2D eigenvalue weighted by Gasteiger charge is -2.30. The number of ketones is 1. The number of Topliss-reactive ketones (excluding diaryl/α,β-unsaturated/α-hetero) is 1. The molecule has 0 saturated heterocycles. The van der Waals surface area contributed by atoms with Crippen LogP contribution < -0.4 is 12.4 Å². The molecule has 1 rings (SSSR count). The SMILES string of the molecule is C=C(C)C(=O)c1ccccc1C[N+](C)(C)CCCCCCCCCCCCCCCC.[Cl-]. The van der Waals surface area contributed by atoms with Crippen molar-refractivity contribution in [3.8, 4) is 0 Å². The molecule has 0 aliphatic carbocycles. The van der Waals surface area contributed by atoms with Crippen LogP contribution in [-0.2, 0) is 6.54 Å². The van der Waals surface area contributed by atoms with Crippen molar-refractivity contribution >= 4 is 5.78 Å². The van der Waals surface area contributed by atoms with E-state index >= 15 is 0 Å². The van der Waals surface area contributed by atoms with E-state index in [0.29, 0.717) is 5.57 Å². The van der Waals surface area contributed by atoms with Gasteiger partial charge >= 0.3 is 0 Å². The molecule has 0 unspecified atom stereocenters. The molecule has 0 aromatic heterocycles. The summed E-state index contributed by atoms with van der Waals surface area (Å²) in [6, 6.07) is 8.03. The molecule has 0 aliphatic heterocycles. The number of quaternary nitrogens is 1. The van der Waals surface area contributed by atoms with Crippen molar-refractivity contribution in [3.05, 3.63) is 47.5 Å². The lowest BCUT2D eigenvalue weighted by Crippen LogP contribution is -3.00. The Bertz CT molecular complexity index is 638. The molecule has 0 radical (unpaired) electrons. The molecule has 3 heteroatoms. The summed E-state index contributed by atoms with van der Waals surface area (Å²) < 4.78 is 0.929. The average Bonchev–Trinajstić information content (AvgIpc) is 2.73. The van der Waals surface area contributed by atoms with Crippen LogP contribution in [0.25, 0.3) is 0 Å². The fourth-order valence-electron chi connectivity index (χ4n) is 4.38. The highest BCUT2D eigenvalue weighted by Gasteiger charge is 2.20. The Kier molecular flexibility index (Phi) is 17.7. The predicted octanol–water partition coefficient (Wildman–Crippen LogP) is 5.51. The van der Waals surface area contributed by atoms with Crippen molar-refractivity contribution in [2.24, 2.45) is 0 Å². The molecule has 0 spiro atoms. The maximum Gasteiger partial charge on any atom is 0.188 e. The van der Waals surface area contributed by atoms with Gasteiger partial charge in [0, 0.05) is 11.1 Å². The van der Waals surface area contributed by atoms with Crippen molar-refractivity contribution in [2.45, 2.75) is 110 Å². The summed E-state index contributed by atoms with van der Waals surface area (Å²) in [6.45, 7) is 9.98. The number of hydrogen-bond donors (Lipinski definition) is 0. The number of halogens is 1. The van der Waals surface area contributed by atoms with Gasteiger partial charge in [0.1, 0.15) is 6.54 Å². The maximum absolute atomic E-state index is 12.4. The summed E-state index contributed by atoms with van der Waals surface area (Å²) in [5.74, 6) is 0.0760. The summed E-state index contributed by atoms with van der Waals surface area (Å²) in [5, 5.41) is 0. The van der Waals surface area contributed by atoms with Crippen molar-refractivity contribution in [3.63, 3.8) is 0 Å². The zero-order chi connectivity index (χ0) is 23.0. The van der Waals surface area contributed by atoms with Gasteiger partial charge in [-0.15, -0.1) is 0 Å². The number of allylic oxidation sites excluding steroid dienone is 1. The smallest absolute Gasteiger partial charge is 0.188 e. The number of unbranched alkanes of at least 4 members (excludes halogenated alkanes) is 13. The molecule has 1 aromatic carbocycles. The van der Waals surface area contributed by atoms with Crippen LogP contribution in [0.3, 0.4) is 0 Å². The predicted molar refractivity (Wildman–Crippen MR) is 137 cm³/mol. The molecule has 1 aromatic rings. The zero-order valence-electron chi connectivity index (χ0n) is 21.6. The first-order valence-electron chi connectivity index (χ1n) is 13.0. The molecule has 2 nitrogen and oxygen atoms in total. The standard InChI is InChI=1S/C29H50NO.ClH/c1-6-7-8-9-10-11-12-13-14-15-16-17-18-21-24-30(4,5)25-27-22-19-20-23-28(27)29(31)26(2)3;/h19-20,22-23H,2,6-18,21,24-25H2,1,3-5H3;1H/q+1;/p-1. The third kappa shape index (κ3) is 14.1. The monoisotopic (exact) mass is 463 g/mol. The quantitative estimate of drug-likeness (QED) is 0.114. The Morgan fingerprint density at radius 3 is 1.69 bits per heavy atom. The Hall–Kier alpha value is -1.12. The third-order valence-electron chi connectivity index (χ3n) is 6.36. The summed E-state index contributed by atoms with van der Waals surface area (Å²) in [6.07, 6.45) is 19.6. The molecule has 184 valence electrons. The molecule has 0 fully saturated rings. The highest BCUT2D eigenvalue weighted by molar-refractivity contribution is 6.08. The van der Waals surface area contributed by atoms with E-state index in [1.54, 1.807) is 6.92 Å². The zero-order valence-corrected chi connectivity index (χ0v) is 22.3. The summed E-state index contributed by atoms with van der Waals surface area (Å²) in [5.41, 5.74) is 2.58. The molecule has 0 atom stereocenters. The minimum atomic E-state index is 0. The average molecular weight is 464 g/mol. The number of carbonyl (C=O) groups excluding carboxylic acids is 1. The number of benzene rings is 1. The van der Waals surface area contributed by atoms with Gasteiger partial charge in [-0.3, -0.25) is 4.79 Å². The van der Waals surface area contributed by atoms with Gasteiger partial charge in [-0.2, -0.15) is 0 Å². The highest BCUT2D eigenvalue weighted by atomic mass is 35.5. The molecule has 32 heavy (non-hydrogen) atoms. The topological polar surface area (TPSA) is 17.1 Å². The Labute approximate surface area is 205 Å². The van der Waals surface area contributed by atoms with Crippen LogP contribution in [-0.4, -0.2) is 30.9 Å². The number of carbonyl (C=O) groups is 1. The van der Waals surface area contributed by atoms with E-state index in [1.807, 2.05) is 18.2 Å². The minimum absolute atomic E-state index is 0. The first kappa shape index (κ1) is 30.9. The van der Waals surface area contributed by atoms with Gasteiger partial charge in [0.15, 0.2) is 5.78 Å². The van der Waals surface area contributed by atoms with E-state index in [1.165, 1.54) is 89.9 Å². The summed E-state index contributed by atoms with van der Waals surface area (Å²) in [7, 11) is 4.56. The van der Waals surface area contributed by atoms with Gasteiger partial charge in [-0.25, -0.2) is 0 Å². The van der Waals surface area contributed by atoms with E-state index in [2.05, 4.69) is 33.7 Å². The van der Waals surface area contributed by atoms with E-state index in [0.717, 1.165) is 28.7 Å². The number of nitrogens with zero attached hydrogens (tertiary/aromatic N) is 1. The van der Waals surface area contributed by atoms with Gasteiger partial charge in [0.2, 0.25) is 0 Å². The fraction of sp³-hybridized carbons (Fsp3) is 0.690. The van der Waals surface area contributed by atoms with Crippen LogP contribution >= 0.6 is 0 Å². The first-order chi connectivity index (χ1) is 14.9. The van der Waals surface area contributed by atoms with Crippen LogP contribution in [0.1, 0.15) is 120 Å². The van der Waals surface area contributed by atoms with Gasteiger partial charge in [-0.1, -0.05) is 115 Å². The lowest BCUT2D eigenvalue weighted by atomic mass is 9.99. The Morgan fingerprint density at radius 1 is 0.781 bits per heavy atom. The number of rotatable bonds is 19. The molecule has 0 saturated carbocycles. The van der Waals surface area contributed by atoms with Crippen molar-refractivity contribution in [2.75, 3.05) is 20.6 Å². The molecule has 0 amide bonds.